The van der Waals surface area contributed by atoms with E-state index in [2.05, 4.69) is 0 Å². The minimum atomic E-state index is -4.10. The molecule has 172 valence electrons. The number of rotatable bonds is 7. The lowest BCUT2D eigenvalue weighted by molar-refractivity contribution is -0.151. The SMILES string of the molecule is CCOC(=O)C1CCN(C(=O)CN(c2ccc(C)cc2)S(=O)(=O)c2ccc(F)cc2)CC1. The number of carbonyl (C=O) groups excluding carboxylic acids is 2. The van der Waals surface area contributed by atoms with Crippen LogP contribution in [-0.4, -0.2) is 51.4 Å². The second kappa shape index (κ2) is 10.1. The monoisotopic (exact) mass is 462 g/mol. The number of sulfonamides is 1. The van der Waals surface area contributed by atoms with Crippen LogP contribution in [0.3, 0.4) is 0 Å². The maximum atomic E-state index is 13.3. The van der Waals surface area contributed by atoms with Crippen LogP contribution < -0.4 is 4.31 Å². The fourth-order valence-electron chi connectivity index (χ4n) is 3.61. The Morgan fingerprint density at radius 2 is 1.66 bits per heavy atom. The van der Waals surface area contributed by atoms with Gasteiger partial charge in [-0.2, -0.15) is 0 Å². The second-order valence-corrected chi connectivity index (χ2v) is 9.57. The third-order valence-corrected chi connectivity index (χ3v) is 7.26. The van der Waals surface area contributed by atoms with Gasteiger partial charge in [0.25, 0.3) is 10.0 Å². The van der Waals surface area contributed by atoms with Crippen LogP contribution >= 0.6 is 0 Å². The van der Waals surface area contributed by atoms with E-state index in [9.17, 15) is 22.4 Å². The number of piperidine rings is 1. The molecule has 2 aromatic carbocycles. The Balaban J connectivity index is 1.80. The lowest BCUT2D eigenvalue weighted by Gasteiger charge is -2.33. The maximum Gasteiger partial charge on any atom is 0.309 e. The zero-order valence-electron chi connectivity index (χ0n) is 18.2. The van der Waals surface area contributed by atoms with E-state index >= 15 is 0 Å². The molecular weight excluding hydrogens is 435 g/mol. The molecule has 0 spiro atoms. The van der Waals surface area contributed by atoms with E-state index in [4.69, 9.17) is 4.74 Å². The Morgan fingerprint density at radius 3 is 2.22 bits per heavy atom. The van der Waals surface area contributed by atoms with E-state index in [0.29, 0.717) is 38.2 Å². The van der Waals surface area contributed by atoms with Crippen molar-refractivity contribution >= 4 is 27.6 Å². The van der Waals surface area contributed by atoms with Crippen LogP contribution in [0.1, 0.15) is 25.3 Å². The number of ether oxygens (including phenoxy) is 1. The summed E-state index contributed by atoms with van der Waals surface area (Å²) in [5.74, 6) is -1.43. The van der Waals surface area contributed by atoms with E-state index < -0.39 is 22.4 Å². The highest BCUT2D eigenvalue weighted by molar-refractivity contribution is 7.92. The molecule has 9 heteroatoms. The average molecular weight is 463 g/mol. The minimum Gasteiger partial charge on any atom is -0.466 e. The van der Waals surface area contributed by atoms with Crippen molar-refractivity contribution < 1.29 is 27.1 Å². The summed E-state index contributed by atoms with van der Waals surface area (Å²) < 4.78 is 46.1. The Labute approximate surface area is 187 Å². The Morgan fingerprint density at radius 1 is 1.06 bits per heavy atom. The van der Waals surface area contributed by atoms with Crippen LogP contribution in [0.2, 0.25) is 0 Å². The smallest absolute Gasteiger partial charge is 0.309 e. The van der Waals surface area contributed by atoms with Gasteiger partial charge in [0, 0.05) is 13.1 Å². The molecule has 1 amide bonds. The van der Waals surface area contributed by atoms with Gasteiger partial charge >= 0.3 is 5.97 Å². The Kier molecular flexibility index (Phi) is 7.50. The Bertz CT molecular complexity index is 1050. The van der Waals surface area contributed by atoms with Gasteiger partial charge in [-0.1, -0.05) is 17.7 Å². The molecule has 0 saturated carbocycles. The van der Waals surface area contributed by atoms with Crippen molar-refractivity contribution in [3.05, 3.63) is 59.9 Å². The predicted molar refractivity (Wildman–Crippen MR) is 118 cm³/mol. The normalized spacial score (nSPS) is 14.8. The molecule has 0 aliphatic carbocycles. The Hall–Kier alpha value is -2.94. The summed E-state index contributed by atoms with van der Waals surface area (Å²) in [4.78, 5) is 26.4. The number of anilines is 1. The van der Waals surface area contributed by atoms with E-state index in [1.807, 2.05) is 6.92 Å². The number of carbonyl (C=O) groups is 2. The molecule has 3 rings (SSSR count). The van der Waals surface area contributed by atoms with Crippen LogP contribution in [0.4, 0.5) is 10.1 Å². The average Bonchev–Trinajstić information content (AvgIpc) is 2.78. The molecule has 1 fully saturated rings. The predicted octanol–water partition coefficient (Wildman–Crippen LogP) is 3.13. The van der Waals surface area contributed by atoms with Crippen molar-refractivity contribution in [2.24, 2.45) is 5.92 Å². The van der Waals surface area contributed by atoms with Crippen LogP contribution in [0.5, 0.6) is 0 Å². The van der Waals surface area contributed by atoms with Crippen molar-refractivity contribution in [3.8, 4) is 0 Å². The number of hydrogen-bond acceptors (Lipinski definition) is 5. The largest absolute Gasteiger partial charge is 0.466 e. The summed E-state index contributed by atoms with van der Waals surface area (Å²) in [7, 11) is -4.10. The highest BCUT2D eigenvalue weighted by Gasteiger charge is 2.32. The van der Waals surface area contributed by atoms with Crippen molar-refractivity contribution in [2.45, 2.75) is 31.6 Å². The molecule has 0 unspecified atom stereocenters. The van der Waals surface area contributed by atoms with Crippen LogP contribution in [-0.2, 0) is 24.3 Å². The van der Waals surface area contributed by atoms with Gasteiger partial charge in [-0.15, -0.1) is 0 Å². The second-order valence-electron chi connectivity index (χ2n) is 7.71. The number of hydrogen-bond donors (Lipinski definition) is 0. The first-order valence-electron chi connectivity index (χ1n) is 10.5. The topological polar surface area (TPSA) is 84.0 Å². The zero-order valence-corrected chi connectivity index (χ0v) is 19.0. The summed E-state index contributed by atoms with van der Waals surface area (Å²) in [5, 5.41) is 0. The lowest BCUT2D eigenvalue weighted by Crippen LogP contribution is -2.46. The minimum absolute atomic E-state index is 0.103. The standard InChI is InChI=1S/C23H27FN2O5S/c1-3-31-23(28)18-12-14-25(15-13-18)22(27)16-26(20-8-4-17(2)5-9-20)32(29,30)21-10-6-19(24)7-11-21/h4-11,18H,3,12-16H2,1-2H3. The first-order valence-corrected chi connectivity index (χ1v) is 12.0. The zero-order chi connectivity index (χ0) is 23.3. The highest BCUT2D eigenvalue weighted by atomic mass is 32.2. The molecule has 1 heterocycles. The molecule has 2 aromatic rings. The molecule has 1 saturated heterocycles. The molecule has 7 nitrogen and oxygen atoms in total. The summed E-state index contributed by atoms with van der Waals surface area (Å²) in [5.41, 5.74) is 1.29. The highest BCUT2D eigenvalue weighted by Crippen LogP contribution is 2.25. The summed E-state index contributed by atoms with van der Waals surface area (Å²) in [6, 6.07) is 11.3. The third kappa shape index (κ3) is 5.45. The van der Waals surface area contributed by atoms with E-state index in [1.165, 1.54) is 12.1 Å². The first kappa shape index (κ1) is 23.7. The fraction of sp³-hybridized carbons (Fsp3) is 0.391. The van der Waals surface area contributed by atoms with Gasteiger partial charge in [0.05, 0.1) is 23.1 Å². The van der Waals surface area contributed by atoms with Crippen molar-refractivity contribution in [3.63, 3.8) is 0 Å². The maximum absolute atomic E-state index is 13.3. The van der Waals surface area contributed by atoms with E-state index in [0.717, 1.165) is 22.0 Å². The molecule has 0 atom stereocenters. The fourth-order valence-corrected chi connectivity index (χ4v) is 5.02. The molecule has 0 N–H and O–H groups in total. The number of amides is 1. The summed E-state index contributed by atoms with van der Waals surface area (Å²) in [6.07, 6.45) is 0.944. The van der Waals surface area contributed by atoms with Gasteiger partial charge in [-0.3, -0.25) is 13.9 Å². The molecule has 32 heavy (non-hydrogen) atoms. The number of esters is 1. The summed E-state index contributed by atoms with van der Waals surface area (Å²) >= 11 is 0. The first-order chi connectivity index (χ1) is 15.2. The summed E-state index contributed by atoms with van der Waals surface area (Å²) in [6.45, 7) is 4.23. The molecule has 1 aliphatic rings. The van der Waals surface area contributed by atoms with Crippen LogP contribution in [0, 0.1) is 18.7 Å². The molecular formula is C23H27FN2O5S. The van der Waals surface area contributed by atoms with Crippen molar-refractivity contribution in [2.75, 3.05) is 30.5 Å². The van der Waals surface area contributed by atoms with Crippen molar-refractivity contribution in [1.82, 2.24) is 4.90 Å². The number of aryl methyl sites for hydroxylation is 1. The van der Waals surface area contributed by atoms with Crippen LogP contribution in [0.25, 0.3) is 0 Å². The van der Waals surface area contributed by atoms with Gasteiger partial charge in [-0.25, -0.2) is 12.8 Å². The molecule has 0 radical (unpaired) electrons. The van der Waals surface area contributed by atoms with Crippen molar-refractivity contribution in [1.29, 1.82) is 0 Å². The van der Waals surface area contributed by atoms with Gasteiger partial charge in [0.2, 0.25) is 5.91 Å². The number of benzene rings is 2. The number of likely N-dealkylation sites (tertiary alicyclic amines) is 1. The van der Waals surface area contributed by atoms with Gasteiger partial charge in [0.1, 0.15) is 12.4 Å². The van der Waals surface area contributed by atoms with Crippen LogP contribution in [0.15, 0.2) is 53.4 Å². The van der Waals surface area contributed by atoms with Gasteiger partial charge in [-0.05, 0) is 63.1 Å². The quantitative estimate of drug-likeness (QED) is 0.591. The van der Waals surface area contributed by atoms with Gasteiger partial charge < -0.3 is 9.64 Å². The number of nitrogens with zero attached hydrogens (tertiary/aromatic N) is 2. The molecule has 1 aliphatic heterocycles. The molecule has 0 bridgehead atoms. The van der Waals surface area contributed by atoms with Gasteiger partial charge in [0.15, 0.2) is 0 Å². The van der Waals surface area contributed by atoms with E-state index in [1.54, 1.807) is 36.1 Å². The number of halogens is 1. The third-order valence-electron chi connectivity index (χ3n) is 5.47. The lowest BCUT2D eigenvalue weighted by atomic mass is 9.97. The molecule has 0 aromatic heterocycles. The van der Waals surface area contributed by atoms with E-state index in [-0.39, 0.29) is 22.7 Å².